The van der Waals surface area contributed by atoms with Crippen LogP contribution in [0.4, 0.5) is 0 Å². The lowest BCUT2D eigenvalue weighted by Gasteiger charge is -2.50. The number of amides is 2. The fraction of sp³-hybridized carbons (Fsp3) is 0.933. The molecule has 23 nitrogen and oxygen atoms in total. The Kier molecular flexibility index (Phi) is 50.4. The van der Waals surface area contributed by atoms with E-state index in [-0.39, 0.29) is 12.3 Å². The van der Waals surface area contributed by atoms with Crippen molar-refractivity contribution in [2.45, 2.75) is 420 Å². The second kappa shape index (κ2) is 55.0. The van der Waals surface area contributed by atoms with Crippen LogP contribution in [-0.2, 0) is 42.8 Å². The van der Waals surface area contributed by atoms with Gasteiger partial charge in [0.1, 0.15) is 67.1 Å². The molecule has 3 aliphatic heterocycles. The molecule has 0 aromatic rings. The second-order valence-corrected chi connectivity index (χ2v) is 28.6. The number of aliphatic hydroxyl groups excluding tert-OH is 11. The number of carbonyl (C=O) groups is 3. The minimum Gasteiger partial charge on any atom is -0.477 e. The molecular formula is C75H140N2O21. The molecular weight excluding hydrogens is 1260 g/mol. The first-order chi connectivity index (χ1) is 47.4. The summed E-state index contributed by atoms with van der Waals surface area (Å²) in [6.45, 7) is 2.14. The van der Waals surface area contributed by atoms with Gasteiger partial charge in [0.2, 0.25) is 11.8 Å². The van der Waals surface area contributed by atoms with E-state index in [2.05, 4.69) is 24.5 Å². The van der Waals surface area contributed by atoms with Gasteiger partial charge in [0.05, 0.1) is 50.7 Å². The predicted octanol–water partition coefficient (Wildman–Crippen LogP) is 9.41. The highest BCUT2D eigenvalue weighted by Crippen LogP contribution is 2.39. The van der Waals surface area contributed by atoms with Crippen LogP contribution in [0.15, 0.2) is 12.2 Å². The number of unbranched alkanes of at least 4 members (excludes halogenated alkanes) is 41. The second-order valence-electron chi connectivity index (χ2n) is 28.6. The number of hydrogen-bond donors (Lipinski definition) is 14. The van der Waals surface area contributed by atoms with Gasteiger partial charge in [-0.25, -0.2) is 4.79 Å². The highest BCUT2D eigenvalue weighted by atomic mass is 16.8. The van der Waals surface area contributed by atoms with Crippen molar-refractivity contribution >= 4 is 17.8 Å². The van der Waals surface area contributed by atoms with Crippen molar-refractivity contribution in [3.63, 3.8) is 0 Å². The Labute approximate surface area is 588 Å². The first-order valence-electron chi connectivity index (χ1n) is 39.1. The monoisotopic (exact) mass is 1400 g/mol. The standard InChI is InChI=1S/C75H140N2O21/c1-4-6-8-10-12-14-16-17-18-19-20-21-22-23-24-25-26-27-28-29-30-31-32-33-34-35-36-37-39-41-43-45-47-49-62(85)77-56(57(82)48-46-44-42-40-38-15-13-11-9-7-5-2)54-93-72-67(89)66(88)69(61(53-80)95-72)96-73-68(90)71(65(87)60(52-79)94-73)98-75(74(91)92)50-58(83)63(76-55(3)81)70(97-75)64(86)59(84)51-78/h46,48,56-61,63-73,78-80,82-84,86-90H,4-45,47,49-54H2,1-3H3,(H,76,81)(H,77,85)(H,91,92)/b48-46+. The smallest absolute Gasteiger partial charge is 0.364 e. The third-order valence-electron chi connectivity index (χ3n) is 20.0. The molecule has 0 aromatic heterocycles. The molecule has 0 bridgehead atoms. The molecule has 3 fully saturated rings. The van der Waals surface area contributed by atoms with E-state index in [4.69, 9.17) is 28.4 Å². The van der Waals surface area contributed by atoms with Gasteiger partial charge in [-0.2, -0.15) is 0 Å². The molecule has 98 heavy (non-hydrogen) atoms. The van der Waals surface area contributed by atoms with Gasteiger partial charge in [-0.3, -0.25) is 9.59 Å². The number of aliphatic carboxylic acids is 1. The first kappa shape index (κ1) is 89.7. The van der Waals surface area contributed by atoms with Crippen molar-refractivity contribution in [2.24, 2.45) is 0 Å². The van der Waals surface area contributed by atoms with Gasteiger partial charge in [-0.1, -0.05) is 283 Å². The Balaban J connectivity index is 1.43. The molecule has 2 amide bonds. The van der Waals surface area contributed by atoms with E-state index in [1.807, 2.05) is 6.08 Å². The molecule has 23 heteroatoms. The summed E-state index contributed by atoms with van der Waals surface area (Å²) in [5, 5.41) is 136. The number of ether oxygens (including phenoxy) is 6. The summed E-state index contributed by atoms with van der Waals surface area (Å²) in [4.78, 5) is 38.6. The van der Waals surface area contributed by atoms with Gasteiger partial charge in [0, 0.05) is 19.8 Å². The van der Waals surface area contributed by atoms with Crippen molar-refractivity contribution in [3.8, 4) is 0 Å². The summed E-state index contributed by atoms with van der Waals surface area (Å²) in [7, 11) is 0. The zero-order valence-corrected chi connectivity index (χ0v) is 60.7. The molecule has 0 radical (unpaired) electrons. The van der Waals surface area contributed by atoms with Gasteiger partial charge in [0.25, 0.3) is 5.79 Å². The molecule has 3 aliphatic rings. The van der Waals surface area contributed by atoms with E-state index in [9.17, 15) is 75.7 Å². The normalized spacial score (nSPS) is 27.3. The van der Waals surface area contributed by atoms with E-state index in [1.165, 1.54) is 218 Å². The summed E-state index contributed by atoms with van der Waals surface area (Å²) >= 11 is 0. The average molecular weight is 1410 g/mol. The van der Waals surface area contributed by atoms with Crippen molar-refractivity contribution in [2.75, 3.05) is 26.4 Å². The Morgan fingerprint density at radius 2 is 0.949 bits per heavy atom. The van der Waals surface area contributed by atoms with Crippen LogP contribution in [0.5, 0.6) is 0 Å². The van der Waals surface area contributed by atoms with Crippen LogP contribution < -0.4 is 10.6 Å². The SMILES string of the molecule is CCCCCCCCCCC/C=C/C(O)C(COC1OC(CO)C(OC2OC(CO)C(O)C(OC3(C(=O)O)CC(O)C(NC(C)=O)C(C(O)C(O)CO)O3)C2O)C(O)C1O)NC(=O)CCCCCCCCCCCCCCCCCCCCCCCCCCCCCCCCCCC. The molecule has 18 atom stereocenters. The van der Waals surface area contributed by atoms with Crippen molar-refractivity contribution < 1.29 is 104 Å². The van der Waals surface area contributed by atoms with Gasteiger partial charge in [-0.05, 0) is 19.3 Å². The van der Waals surface area contributed by atoms with Gasteiger partial charge in [0.15, 0.2) is 12.6 Å². The van der Waals surface area contributed by atoms with Gasteiger partial charge < -0.3 is 100 Å². The lowest BCUT2D eigenvalue weighted by atomic mass is 9.88. The summed E-state index contributed by atoms with van der Waals surface area (Å²) in [5.41, 5.74) is 0. The predicted molar refractivity (Wildman–Crippen MR) is 375 cm³/mol. The minimum atomic E-state index is -3.08. The molecule has 0 spiro atoms. The number of rotatable bonds is 61. The molecule has 0 saturated carbocycles. The number of carbonyl (C=O) groups excluding carboxylic acids is 2. The van der Waals surface area contributed by atoms with Crippen LogP contribution in [0, 0.1) is 0 Å². The van der Waals surface area contributed by atoms with E-state index in [0.717, 1.165) is 51.9 Å². The van der Waals surface area contributed by atoms with Gasteiger partial charge in [-0.15, -0.1) is 0 Å². The molecule has 3 rings (SSSR count). The van der Waals surface area contributed by atoms with Crippen LogP contribution >= 0.6 is 0 Å². The Hall–Kier alpha value is -2.53. The quantitative estimate of drug-likeness (QED) is 0.0199. The fourth-order valence-electron chi connectivity index (χ4n) is 13.8. The summed E-state index contributed by atoms with van der Waals surface area (Å²) in [5.74, 6) is -6.13. The van der Waals surface area contributed by atoms with E-state index in [0.29, 0.717) is 12.8 Å². The number of allylic oxidation sites excluding steroid dienone is 1. The average Bonchev–Trinajstić information content (AvgIpc) is 0.756. The number of carboxylic acids is 1. The van der Waals surface area contributed by atoms with Gasteiger partial charge >= 0.3 is 5.97 Å². The van der Waals surface area contributed by atoms with Crippen LogP contribution in [0.25, 0.3) is 0 Å². The summed E-state index contributed by atoms with van der Waals surface area (Å²) < 4.78 is 34.8. The van der Waals surface area contributed by atoms with Crippen LogP contribution in [0.2, 0.25) is 0 Å². The third kappa shape index (κ3) is 35.8. The maximum absolute atomic E-state index is 13.5. The van der Waals surface area contributed by atoms with Crippen molar-refractivity contribution in [1.82, 2.24) is 10.6 Å². The topological polar surface area (TPSA) is 373 Å². The fourth-order valence-corrected chi connectivity index (χ4v) is 13.8. The first-order valence-corrected chi connectivity index (χ1v) is 39.1. The summed E-state index contributed by atoms with van der Waals surface area (Å²) in [6.07, 6.45) is 28.7. The van der Waals surface area contributed by atoms with Crippen LogP contribution in [0.1, 0.15) is 310 Å². The van der Waals surface area contributed by atoms with E-state index < -0.39 is 155 Å². The van der Waals surface area contributed by atoms with Crippen molar-refractivity contribution in [1.29, 1.82) is 0 Å². The van der Waals surface area contributed by atoms with E-state index >= 15 is 0 Å². The number of aliphatic hydroxyl groups is 11. The molecule has 0 aromatic carbocycles. The highest BCUT2D eigenvalue weighted by Gasteiger charge is 2.60. The Morgan fingerprint density at radius 3 is 1.36 bits per heavy atom. The number of carboxylic acid groups (broad SMARTS) is 1. The molecule has 14 N–H and O–H groups in total. The zero-order valence-electron chi connectivity index (χ0n) is 60.7. The number of nitrogens with one attached hydrogen (secondary N) is 2. The minimum absolute atomic E-state index is 0.205. The molecule has 0 aliphatic carbocycles. The highest BCUT2D eigenvalue weighted by molar-refractivity contribution is 5.77. The third-order valence-corrected chi connectivity index (χ3v) is 20.0. The summed E-state index contributed by atoms with van der Waals surface area (Å²) in [6, 6.07) is -2.61. The molecule has 3 saturated heterocycles. The Bertz CT molecular complexity index is 2010. The number of hydrogen-bond acceptors (Lipinski definition) is 20. The molecule has 3 heterocycles. The zero-order chi connectivity index (χ0) is 71.8. The van der Waals surface area contributed by atoms with Crippen LogP contribution in [0.3, 0.4) is 0 Å². The van der Waals surface area contributed by atoms with Crippen molar-refractivity contribution in [3.05, 3.63) is 12.2 Å². The lowest BCUT2D eigenvalue weighted by Crippen LogP contribution is -2.70. The maximum Gasteiger partial charge on any atom is 0.364 e. The lowest BCUT2D eigenvalue weighted by molar-refractivity contribution is -0.386. The molecule has 18 unspecified atom stereocenters. The molecule has 576 valence electrons. The maximum atomic E-state index is 13.5. The van der Waals surface area contributed by atoms with E-state index in [1.54, 1.807) is 6.08 Å². The van der Waals surface area contributed by atoms with Crippen LogP contribution in [-0.4, -0.2) is 215 Å². The Morgan fingerprint density at radius 1 is 0.531 bits per heavy atom. The largest absolute Gasteiger partial charge is 0.477 e.